The Morgan fingerprint density at radius 1 is 1.37 bits per heavy atom. The number of hydrogen-bond donors (Lipinski definition) is 2. The van der Waals surface area contributed by atoms with Crippen molar-refractivity contribution < 1.29 is 9.84 Å². The van der Waals surface area contributed by atoms with Gasteiger partial charge in [0.2, 0.25) is 0 Å². The number of nitrogens with one attached hydrogen (secondary N) is 1. The van der Waals surface area contributed by atoms with Crippen molar-refractivity contribution in [3.63, 3.8) is 0 Å². The zero-order valence-corrected chi connectivity index (χ0v) is 16.0. The molecule has 7 nitrogen and oxygen atoms in total. The van der Waals surface area contributed by atoms with E-state index in [2.05, 4.69) is 25.2 Å². The van der Waals surface area contributed by atoms with Gasteiger partial charge in [0.05, 0.1) is 28.2 Å². The third-order valence-corrected chi connectivity index (χ3v) is 4.09. The van der Waals surface area contributed by atoms with Crippen molar-refractivity contribution in [1.82, 2.24) is 20.2 Å². The van der Waals surface area contributed by atoms with E-state index in [0.29, 0.717) is 33.7 Å². The Hall–Kier alpha value is -2.77. The molecule has 0 fully saturated rings. The third-order valence-electron chi connectivity index (χ3n) is 3.77. The van der Waals surface area contributed by atoms with Gasteiger partial charge in [0.15, 0.2) is 11.6 Å². The van der Waals surface area contributed by atoms with E-state index in [4.69, 9.17) is 16.3 Å². The predicted molar refractivity (Wildman–Crippen MR) is 105 cm³/mol. The first-order chi connectivity index (χ1) is 12.9. The average Bonchev–Trinajstić information content (AvgIpc) is 3.13. The molecule has 0 aliphatic heterocycles. The molecule has 2 N–H and O–H groups in total. The third kappa shape index (κ3) is 4.69. The summed E-state index contributed by atoms with van der Waals surface area (Å²) < 4.78 is 5.53. The number of pyridine rings is 1. The minimum absolute atomic E-state index is 0.191. The molecular weight excluding hydrogens is 366 g/mol. The van der Waals surface area contributed by atoms with Gasteiger partial charge in [-0.2, -0.15) is 5.10 Å². The van der Waals surface area contributed by atoms with Crippen molar-refractivity contribution in [3.8, 4) is 17.1 Å². The largest absolute Gasteiger partial charge is 0.491 e. The molecule has 3 rings (SSSR count). The molecule has 0 aliphatic carbocycles. The lowest BCUT2D eigenvalue weighted by Crippen LogP contribution is -2.12. The van der Waals surface area contributed by atoms with Crippen LogP contribution in [0.4, 0.5) is 5.69 Å². The van der Waals surface area contributed by atoms with Crippen molar-refractivity contribution in [3.05, 3.63) is 53.1 Å². The van der Waals surface area contributed by atoms with Crippen LogP contribution in [0.1, 0.15) is 25.4 Å². The Bertz CT molecular complexity index is 968. The summed E-state index contributed by atoms with van der Waals surface area (Å²) in [6.45, 7) is 5.60. The lowest BCUT2D eigenvalue weighted by atomic mass is 10.2. The zero-order valence-electron chi connectivity index (χ0n) is 15.3. The fraction of sp³-hybridized carbons (Fsp3) is 0.263. The summed E-state index contributed by atoms with van der Waals surface area (Å²) in [4.78, 5) is 13.3. The Morgan fingerprint density at radius 3 is 2.93 bits per heavy atom. The highest BCUT2D eigenvalue weighted by atomic mass is 35.5. The number of hydrogen-bond acceptors (Lipinski definition) is 6. The Balaban J connectivity index is 1.87. The van der Waals surface area contributed by atoms with E-state index in [1.54, 1.807) is 31.3 Å². The van der Waals surface area contributed by atoms with E-state index in [1.165, 1.54) is 0 Å². The number of aliphatic hydroxyl groups excluding tert-OH is 1. The molecule has 0 radical (unpaired) electrons. The van der Waals surface area contributed by atoms with Gasteiger partial charge in [0.1, 0.15) is 12.4 Å². The van der Waals surface area contributed by atoms with E-state index in [9.17, 15) is 5.11 Å². The molecule has 0 saturated heterocycles. The van der Waals surface area contributed by atoms with Crippen LogP contribution in [0, 0.1) is 6.92 Å². The minimum Gasteiger partial charge on any atom is -0.491 e. The highest BCUT2D eigenvalue weighted by Gasteiger charge is 2.13. The van der Waals surface area contributed by atoms with Crippen LogP contribution in [0.5, 0.6) is 5.75 Å². The average molecular weight is 386 g/mol. The molecule has 1 aromatic carbocycles. The van der Waals surface area contributed by atoms with Crippen molar-refractivity contribution >= 4 is 23.0 Å². The Kier molecular flexibility index (Phi) is 5.83. The molecule has 0 bridgehead atoms. The van der Waals surface area contributed by atoms with Crippen molar-refractivity contribution in [2.24, 2.45) is 4.99 Å². The van der Waals surface area contributed by atoms with Crippen molar-refractivity contribution in [1.29, 1.82) is 0 Å². The second-order valence-electron chi connectivity index (χ2n) is 6.11. The number of benzene rings is 1. The van der Waals surface area contributed by atoms with Crippen LogP contribution in [0.2, 0.25) is 5.02 Å². The fourth-order valence-corrected chi connectivity index (χ4v) is 2.56. The molecule has 27 heavy (non-hydrogen) atoms. The molecule has 2 heterocycles. The molecule has 8 heteroatoms. The second kappa shape index (κ2) is 8.28. The first-order valence-corrected chi connectivity index (χ1v) is 8.82. The molecule has 0 spiro atoms. The minimum atomic E-state index is -0.561. The maximum atomic E-state index is 9.36. The van der Waals surface area contributed by atoms with E-state index in [1.807, 2.05) is 26.0 Å². The predicted octanol–water partition coefficient (Wildman–Crippen LogP) is 3.73. The van der Waals surface area contributed by atoms with Crippen LogP contribution in [-0.4, -0.2) is 43.7 Å². The van der Waals surface area contributed by atoms with Crippen molar-refractivity contribution in [2.75, 3.05) is 6.61 Å². The summed E-state index contributed by atoms with van der Waals surface area (Å²) in [7, 11) is 0. The maximum absolute atomic E-state index is 9.36. The molecule has 1 atom stereocenters. The summed E-state index contributed by atoms with van der Waals surface area (Å²) in [6.07, 6.45) is 1.17. The molecule has 140 valence electrons. The van der Waals surface area contributed by atoms with Gasteiger partial charge in [0, 0.05) is 11.8 Å². The van der Waals surface area contributed by atoms with Crippen LogP contribution < -0.4 is 4.74 Å². The van der Waals surface area contributed by atoms with Crippen molar-refractivity contribution in [2.45, 2.75) is 26.9 Å². The summed E-state index contributed by atoms with van der Waals surface area (Å²) in [5, 5.41) is 17.0. The van der Waals surface area contributed by atoms with Gasteiger partial charge in [-0.3, -0.25) is 10.1 Å². The monoisotopic (exact) mass is 385 g/mol. The Morgan fingerprint density at radius 2 is 2.19 bits per heavy atom. The van der Waals surface area contributed by atoms with Crippen LogP contribution in [0.25, 0.3) is 11.4 Å². The van der Waals surface area contributed by atoms with Gasteiger partial charge < -0.3 is 9.84 Å². The lowest BCUT2D eigenvalue weighted by molar-refractivity contribution is 0.123. The van der Waals surface area contributed by atoms with Gasteiger partial charge >= 0.3 is 0 Å². The standard InChI is InChI=1S/C19H20ClN5O2/c1-11(26)10-27-14-6-7-16(20)15(9-14)19-23-18(24-25-19)13(3)22-17-5-4-8-21-12(17)2/h4-9,11,26H,10H2,1-3H3,(H,23,24,25)/t11-/m1/s1. The molecule has 0 unspecified atom stereocenters. The maximum Gasteiger partial charge on any atom is 0.183 e. The lowest BCUT2D eigenvalue weighted by Gasteiger charge is -2.09. The van der Waals surface area contributed by atoms with Crippen LogP contribution in [0.15, 0.2) is 41.5 Å². The zero-order chi connectivity index (χ0) is 19.4. The smallest absolute Gasteiger partial charge is 0.183 e. The first-order valence-electron chi connectivity index (χ1n) is 8.44. The quantitative estimate of drug-likeness (QED) is 0.630. The summed E-state index contributed by atoms with van der Waals surface area (Å²) in [5.41, 5.74) is 2.93. The number of aromatic nitrogens is 4. The number of aryl methyl sites for hydroxylation is 1. The number of aliphatic hydroxyl groups is 1. The normalized spacial score (nSPS) is 12.9. The number of H-pyrrole nitrogens is 1. The molecular formula is C19H20ClN5O2. The van der Waals surface area contributed by atoms with Crippen LogP contribution in [0.3, 0.4) is 0 Å². The highest BCUT2D eigenvalue weighted by molar-refractivity contribution is 6.33. The summed E-state index contributed by atoms with van der Waals surface area (Å²) >= 11 is 6.30. The van der Waals surface area contributed by atoms with Gasteiger partial charge in [0.25, 0.3) is 0 Å². The SMILES string of the molecule is CC(=Nc1cccnc1C)c1nc(-c2cc(OC[C@@H](C)O)ccc2Cl)n[nH]1. The van der Waals surface area contributed by atoms with Crippen LogP contribution >= 0.6 is 11.6 Å². The summed E-state index contributed by atoms with van der Waals surface area (Å²) in [6, 6.07) is 8.92. The summed E-state index contributed by atoms with van der Waals surface area (Å²) in [5.74, 6) is 1.56. The Labute approximate surface area is 162 Å². The molecule has 0 saturated carbocycles. The highest BCUT2D eigenvalue weighted by Crippen LogP contribution is 2.29. The molecule has 2 aromatic heterocycles. The van der Waals surface area contributed by atoms with Gasteiger partial charge in [-0.05, 0) is 51.1 Å². The topological polar surface area (TPSA) is 96.3 Å². The molecule has 3 aromatic rings. The van der Waals surface area contributed by atoms with Gasteiger partial charge in [-0.25, -0.2) is 9.98 Å². The number of ether oxygens (including phenoxy) is 1. The number of aliphatic imine (C=N–C) groups is 1. The van der Waals surface area contributed by atoms with E-state index in [0.717, 1.165) is 11.4 Å². The van der Waals surface area contributed by atoms with Crippen LogP contribution in [-0.2, 0) is 0 Å². The first kappa shape index (κ1) is 19.0. The van der Waals surface area contributed by atoms with E-state index < -0.39 is 6.10 Å². The number of rotatable bonds is 6. The second-order valence-corrected chi connectivity index (χ2v) is 6.52. The van der Waals surface area contributed by atoms with Gasteiger partial charge in [-0.1, -0.05) is 11.6 Å². The molecule has 0 aliphatic rings. The number of halogens is 1. The molecule has 0 amide bonds. The fourth-order valence-electron chi connectivity index (χ4n) is 2.35. The number of nitrogens with zero attached hydrogens (tertiary/aromatic N) is 4. The van der Waals surface area contributed by atoms with E-state index >= 15 is 0 Å². The van der Waals surface area contributed by atoms with E-state index in [-0.39, 0.29) is 6.61 Å². The van der Waals surface area contributed by atoms with Gasteiger partial charge in [-0.15, -0.1) is 0 Å². The number of aromatic amines is 1.